The Morgan fingerprint density at radius 2 is 2.12 bits per heavy atom. The molecule has 0 aliphatic carbocycles. The molecule has 0 fully saturated rings. The number of benzene rings is 1. The third kappa shape index (κ3) is 3.83. The van der Waals surface area contributed by atoms with Crippen molar-refractivity contribution in [3.63, 3.8) is 0 Å². The summed E-state index contributed by atoms with van der Waals surface area (Å²) in [6.07, 6.45) is 1.20. The molecule has 5 heteroatoms. The number of methoxy groups -OCH3 is 1. The average Bonchev–Trinajstić information content (AvgIpc) is 2.17. The number of sulfone groups is 1. The van der Waals surface area contributed by atoms with Crippen molar-refractivity contribution in [2.24, 2.45) is 0 Å². The Balaban J connectivity index is 2.83. The molecule has 1 atom stereocenters. The van der Waals surface area contributed by atoms with Gasteiger partial charge >= 0.3 is 0 Å². The second kappa shape index (κ2) is 5.32. The van der Waals surface area contributed by atoms with Gasteiger partial charge in [-0.1, -0.05) is 6.07 Å². The Morgan fingerprint density at radius 1 is 1.44 bits per heavy atom. The molecule has 16 heavy (non-hydrogen) atoms. The SMILES string of the molecule is COCC(C)Nc1cccc(S(C)(=O)=O)c1. The highest BCUT2D eigenvalue weighted by Crippen LogP contribution is 2.15. The summed E-state index contributed by atoms with van der Waals surface area (Å²) in [4.78, 5) is 0.321. The van der Waals surface area contributed by atoms with Crippen molar-refractivity contribution in [2.45, 2.75) is 17.9 Å². The highest BCUT2D eigenvalue weighted by molar-refractivity contribution is 7.90. The number of nitrogens with one attached hydrogen (secondary N) is 1. The van der Waals surface area contributed by atoms with E-state index < -0.39 is 9.84 Å². The highest BCUT2D eigenvalue weighted by atomic mass is 32.2. The third-order valence-corrected chi connectivity index (χ3v) is 3.20. The van der Waals surface area contributed by atoms with Gasteiger partial charge in [0.15, 0.2) is 9.84 Å². The molecule has 0 bridgehead atoms. The molecular formula is C11H17NO3S. The molecule has 0 amide bonds. The minimum Gasteiger partial charge on any atom is -0.383 e. The topological polar surface area (TPSA) is 55.4 Å². The summed E-state index contributed by atoms with van der Waals surface area (Å²) in [7, 11) is -1.51. The second-order valence-electron chi connectivity index (χ2n) is 3.80. The van der Waals surface area contributed by atoms with Crippen LogP contribution in [0.5, 0.6) is 0 Å². The van der Waals surface area contributed by atoms with Crippen LogP contribution in [0.1, 0.15) is 6.92 Å². The zero-order valence-electron chi connectivity index (χ0n) is 9.73. The second-order valence-corrected chi connectivity index (χ2v) is 5.82. The number of hydrogen-bond acceptors (Lipinski definition) is 4. The Kier molecular flexibility index (Phi) is 4.32. The highest BCUT2D eigenvalue weighted by Gasteiger charge is 2.08. The molecule has 0 spiro atoms. The van der Waals surface area contributed by atoms with Crippen molar-refractivity contribution < 1.29 is 13.2 Å². The lowest BCUT2D eigenvalue weighted by atomic mass is 10.3. The normalized spacial score (nSPS) is 13.4. The molecule has 0 saturated heterocycles. The predicted octanol–water partition coefficient (Wildman–Crippen LogP) is 1.54. The lowest BCUT2D eigenvalue weighted by Gasteiger charge is -2.14. The maximum Gasteiger partial charge on any atom is 0.175 e. The van der Waals surface area contributed by atoms with E-state index >= 15 is 0 Å². The van der Waals surface area contributed by atoms with Crippen molar-refractivity contribution >= 4 is 15.5 Å². The maximum absolute atomic E-state index is 11.3. The molecule has 1 rings (SSSR count). The van der Waals surface area contributed by atoms with E-state index in [1.54, 1.807) is 25.3 Å². The van der Waals surface area contributed by atoms with Gasteiger partial charge in [0.1, 0.15) is 0 Å². The molecule has 0 saturated carbocycles. The van der Waals surface area contributed by atoms with Crippen molar-refractivity contribution in [3.05, 3.63) is 24.3 Å². The van der Waals surface area contributed by atoms with Crippen LogP contribution in [0.4, 0.5) is 5.69 Å². The van der Waals surface area contributed by atoms with E-state index in [4.69, 9.17) is 4.74 Å². The van der Waals surface area contributed by atoms with Crippen LogP contribution in [0.25, 0.3) is 0 Å². The lowest BCUT2D eigenvalue weighted by Crippen LogP contribution is -2.20. The molecule has 0 aliphatic rings. The van der Waals surface area contributed by atoms with Crippen molar-refractivity contribution in [1.29, 1.82) is 0 Å². The quantitative estimate of drug-likeness (QED) is 0.852. The monoisotopic (exact) mass is 243 g/mol. The van der Waals surface area contributed by atoms with Gasteiger partial charge in [-0.25, -0.2) is 8.42 Å². The fourth-order valence-electron chi connectivity index (χ4n) is 1.39. The number of ether oxygens (including phenoxy) is 1. The van der Waals surface area contributed by atoms with Crippen molar-refractivity contribution in [3.8, 4) is 0 Å². The van der Waals surface area contributed by atoms with Crippen LogP contribution < -0.4 is 5.32 Å². The molecular weight excluding hydrogens is 226 g/mol. The summed E-state index contributed by atoms with van der Waals surface area (Å²) in [5, 5.41) is 3.17. The van der Waals surface area contributed by atoms with Crippen molar-refractivity contribution in [1.82, 2.24) is 0 Å². The standard InChI is InChI=1S/C11H17NO3S/c1-9(8-15-2)12-10-5-4-6-11(7-10)16(3,13)14/h4-7,9,12H,8H2,1-3H3. The Morgan fingerprint density at radius 3 is 2.69 bits per heavy atom. The first-order chi connectivity index (χ1) is 7.43. The van der Waals surface area contributed by atoms with Gasteiger partial charge in [0.2, 0.25) is 0 Å². The van der Waals surface area contributed by atoms with Gasteiger partial charge in [-0.2, -0.15) is 0 Å². The van der Waals surface area contributed by atoms with Crippen LogP contribution in [0, 0.1) is 0 Å². The third-order valence-electron chi connectivity index (χ3n) is 2.09. The van der Waals surface area contributed by atoms with Gasteiger partial charge in [-0.15, -0.1) is 0 Å². The molecule has 1 aromatic carbocycles. The van der Waals surface area contributed by atoms with Crippen LogP contribution in [-0.2, 0) is 14.6 Å². The minimum absolute atomic E-state index is 0.139. The smallest absolute Gasteiger partial charge is 0.175 e. The van der Waals surface area contributed by atoms with Crippen LogP contribution in [0.15, 0.2) is 29.2 Å². The first-order valence-electron chi connectivity index (χ1n) is 4.99. The van der Waals surface area contributed by atoms with Gasteiger partial charge in [0, 0.05) is 25.1 Å². The summed E-state index contributed by atoms with van der Waals surface area (Å²) in [6.45, 7) is 2.54. The Hall–Kier alpha value is -1.07. The fourth-order valence-corrected chi connectivity index (χ4v) is 2.06. The zero-order chi connectivity index (χ0) is 12.2. The van der Waals surface area contributed by atoms with Crippen LogP contribution in [0.2, 0.25) is 0 Å². The fraction of sp³-hybridized carbons (Fsp3) is 0.455. The van der Waals surface area contributed by atoms with E-state index in [1.165, 1.54) is 6.26 Å². The molecule has 1 unspecified atom stereocenters. The number of anilines is 1. The molecule has 1 aromatic rings. The first-order valence-corrected chi connectivity index (χ1v) is 6.88. The van der Waals surface area contributed by atoms with E-state index in [1.807, 2.05) is 13.0 Å². The van der Waals surface area contributed by atoms with Gasteiger partial charge in [-0.3, -0.25) is 0 Å². The van der Waals surface area contributed by atoms with Crippen LogP contribution in [0.3, 0.4) is 0 Å². The summed E-state index contributed by atoms with van der Waals surface area (Å²) < 4.78 is 27.7. The number of hydrogen-bond donors (Lipinski definition) is 1. The first kappa shape index (κ1) is 13.0. The van der Waals surface area contributed by atoms with E-state index in [0.717, 1.165) is 5.69 Å². The lowest BCUT2D eigenvalue weighted by molar-refractivity contribution is 0.190. The Bertz CT molecular complexity index is 442. The maximum atomic E-state index is 11.3. The van der Waals surface area contributed by atoms with Gasteiger partial charge < -0.3 is 10.1 Å². The summed E-state index contributed by atoms with van der Waals surface area (Å²) in [5.41, 5.74) is 0.785. The van der Waals surface area contributed by atoms with Gasteiger partial charge in [0.25, 0.3) is 0 Å². The summed E-state index contributed by atoms with van der Waals surface area (Å²) in [5.74, 6) is 0. The largest absolute Gasteiger partial charge is 0.383 e. The molecule has 0 radical (unpaired) electrons. The molecule has 1 N–H and O–H groups in total. The minimum atomic E-state index is -3.14. The van der Waals surface area contributed by atoms with Crippen LogP contribution in [-0.4, -0.2) is 34.4 Å². The number of rotatable bonds is 5. The van der Waals surface area contributed by atoms with E-state index in [-0.39, 0.29) is 6.04 Å². The summed E-state index contributed by atoms with van der Waals surface area (Å²) in [6, 6.07) is 6.90. The van der Waals surface area contributed by atoms with Gasteiger partial charge in [0.05, 0.1) is 11.5 Å². The van der Waals surface area contributed by atoms with E-state index in [0.29, 0.717) is 11.5 Å². The predicted molar refractivity (Wildman–Crippen MR) is 64.5 cm³/mol. The Labute approximate surface area is 96.5 Å². The van der Waals surface area contributed by atoms with Crippen LogP contribution >= 0.6 is 0 Å². The molecule has 0 aliphatic heterocycles. The van der Waals surface area contributed by atoms with E-state index in [2.05, 4.69) is 5.32 Å². The molecule has 4 nitrogen and oxygen atoms in total. The average molecular weight is 243 g/mol. The van der Waals surface area contributed by atoms with E-state index in [9.17, 15) is 8.42 Å². The van der Waals surface area contributed by atoms with Crippen molar-refractivity contribution in [2.75, 3.05) is 25.3 Å². The summed E-state index contributed by atoms with van der Waals surface area (Å²) >= 11 is 0. The van der Waals surface area contributed by atoms with Gasteiger partial charge in [-0.05, 0) is 25.1 Å². The zero-order valence-corrected chi connectivity index (χ0v) is 10.5. The molecule has 0 aromatic heterocycles. The molecule has 90 valence electrons. The molecule has 0 heterocycles.